The molecule has 0 aliphatic carbocycles. The lowest BCUT2D eigenvalue weighted by molar-refractivity contribution is 0.0680. The number of rotatable bonds is 9. The predicted octanol–water partition coefficient (Wildman–Crippen LogP) is 4.78. The topological polar surface area (TPSA) is 119 Å². The van der Waals surface area contributed by atoms with Gasteiger partial charge in [-0.3, -0.25) is 4.79 Å². The number of aliphatic hydroxyl groups is 1. The fraction of sp³-hybridized carbons (Fsp3) is 0.179. The Balaban J connectivity index is 1.56. The first kappa shape index (κ1) is 26.1. The van der Waals surface area contributed by atoms with Crippen molar-refractivity contribution in [1.29, 1.82) is 0 Å². The molecule has 1 heterocycles. The zero-order chi connectivity index (χ0) is 26.4. The summed E-state index contributed by atoms with van der Waals surface area (Å²) in [4.78, 5) is 23.9. The van der Waals surface area contributed by atoms with E-state index in [1.807, 2.05) is 42.5 Å². The number of amides is 1. The Morgan fingerprint density at radius 2 is 1.76 bits per heavy atom. The highest BCUT2D eigenvalue weighted by Crippen LogP contribution is 2.31. The number of hydrogen-bond acceptors (Lipinski definition) is 7. The Bertz CT molecular complexity index is 1380. The average Bonchev–Trinajstić information content (AvgIpc) is 2.90. The van der Waals surface area contributed by atoms with E-state index in [-0.39, 0.29) is 29.5 Å². The maximum atomic E-state index is 13.5. The number of carbonyl (C=O) groups is 1. The number of aromatic hydroxyl groups is 2. The zero-order valence-corrected chi connectivity index (χ0v) is 21.8. The van der Waals surface area contributed by atoms with E-state index in [0.29, 0.717) is 23.8 Å². The normalized spacial score (nSPS) is 11.6. The van der Waals surface area contributed by atoms with Crippen LogP contribution in [0.25, 0.3) is 11.3 Å². The molecule has 4 N–H and O–H groups in total. The summed E-state index contributed by atoms with van der Waals surface area (Å²) in [5.41, 5.74) is 3.03. The van der Waals surface area contributed by atoms with Crippen molar-refractivity contribution in [3.05, 3.63) is 100 Å². The van der Waals surface area contributed by atoms with Gasteiger partial charge in [0.15, 0.2) is 11.5 Å². The van der Waals surface area contributed by atoms with Gasteiger partial charge in [-0.2, -0.15) is 0 Å². The fourth-order valence-electron chi connectivity index (χ4n) is 3.85. The van der Waals surface area contributed by atoms with Gasteiger partial charge in [0, 0.05) is 29.8 Å². The molecular weight excluding hydrogens is 536 g/mol. The van der Waals surface area contributed by atoms with Gasteiger partial charge in [-0.05, 0) is 35.7 Å². The number of anilines is 1. The standard InChI is InChI=1S/C28H27BrN4O4/c1-33(17-25(36)19-11-12-23(34)24(35)15-19)27(37)21-16-31-28(30-14-13-18-7-3-2-4-8-18)32-26(21)20-9-5-6-10-22(20)29/h2-12,15-16,25,34-36H,13-14,17H2,1H3,(H,30,31,32). The molecule has 0 radical (unpaired) electrons. The summed E-state index contributed by atoms with van der Waals surface area (Å²) in [7, 11) is 1.57. The second-order valence-corrected chi connectivity index (χ2v) is 9.40. The first-order valence-corrected chi connectivity index (χ1v) is 12.5. The van der Waals surface area contributed by atoms with Crippen molar-refractivity contribution in [2.75, 3.05) is 25.5 Å². The van der Waals surface area contributed by atoms with Crippen LogP contribution >= 0.6 is 15.9 Å². The summed E-state index contributed by atoms with van der Waals surface area (Å²) in [6.45, 7) is 0.577. The van der Waals surface area contributed by atoms with Gasteiger partial charge in [0.2, 0.25) is 5.95 Å². The van der Waals surface area contributed by atoms with Gasteiger partial charge in [-0.15, -0.1) is 0 Å². The molecule has 3 aromatic carbocycles. The average molecular weight is 563 g/mol. The lowest BCUT2D eigenvalue weighted by atomic mass is 10.1. The van der Waals surface area contributed by atoms with E-state index in [1.165, 1.54) is 34.9 Å². The van der Waals surface area contributed by atoms with Crippen LogP contribution in [0.2, 0.25) is 0 Å². The van der Waals surface area contributed by atoms with Crippen molar-refractivity contribution in [3.63, 3.8) is 0 Å². The monoisotopic (exact) mass is 562 g/mol. The number of benzene rings is 3. The molecule has 1 atom stereocenters. The maximum Gasteiger partial charge on any atom is 0.257 e. The van der Waals surface area contributed by atoms with E-state index in [0.717, 1.165) is 16.5 Å². The van der Waals surface area contributed by atoms with E-state index in [9.17, 15) is 20.1 Å². The van der Waals surface area contributed by atoms with Gasteiger partial charge >= 0.3 is 0 Å². The van der Waals surface area contributed by atoms with Gasteiger partial charge < -0.3 is 25.5 Å². The molecule has 0 bridgehead atoms. The predicted molar refractivity (Wildman–Crippen MR) is 145 cm³/mol. The Kier molecular flexibility index (Phi) is 8.37. The number of halogens is 1. The van der Waals surface area contributed by atoms with Crippen LogP contribution in [-0.4, -0.2) is 56.2 Å². The zero-order valence-electron chi connectivity index (χ0n) is 20.2. The Morgan fingerprint density at radius 3 is 2.49 bits per heavy atom. The number of likely N-dealkylation sites (N-methyl/N-ethyl adjacent to an activating group) is 1. The summed E-state index contributed by atoms with van der Waals surface area (Å²) in [6.07, 6.45) is 1.21. The fourth-order valence-corrected chi connectivity index (χ4v) is 4.32. The van der Waals surface area contributed by atoms with Crippen LogP contribution in [-0.2, 0) is 6.42 Å². The minimum Gasteiger partial charge on any atom is -0.504 e. The third-order valence-corrected chi connectivity index (χ3v) is 6.56. The molecule has 4 rings (SSSR count). The van der Waals surface area contributed by atoms with Crippen LogP contribution in [0, 0.1) is 0 Å². The third kappa shape index (κ3) is 6.44. The number of hydrogen-bond donors (Lipinski definition) is 4. The number of aromatic nitrogens is 2. The summed E-state index contributed by atoms with van der Waals surface area (Å²) < 4.78 is 0.778. The molecule has 37 heavy (non-hydrogen) atoms. The highest BCUT2D eigenvalue weighted by Gasteiger charge is 2.23. The van der Waals surface area contributed by atoms with Gasteiger partial charge in [-0.1, -0.05) is 70.5 Å². The Morgan fingerprint density at radius 1 is 1.03 bits per heavy atom. The Labute approximate surface area is 223 Å². The van der Waals surface area contributed by atoms with Crippen molar-refractivity contribution in [1.82, 2.24) is 14.9 Å². The summed E-state index contributed by atoms with van der Waals surface area (Å²) >= 11 is 3.55. The molecule has 0 fully saturated rings. The SMILES string of the molecule is CN(CC(O)c1ccc(O)c(O)c1)C(=O)c1cnc(NCCc2ccccc2)nc1-c1ccccc1Br. The quantitative estimate of drug-likeness (QED) is 0.217. The van der Waals surface area contributed by atoms with E-state index < -0.39 is 6.10 Å². The molecule has 0 aliphatic heterocycles. The third-order valence-electron chi connectivity index (χ3n) is 5.87. The van der Waals surface area contributed by atoms with Crippen LogP contribution < -0.4 is 5.32 Å². The van der Waals surface area contributed by atoms with Gasteiger partial charge in [-0.25, -0.2) is 9.97 Å². The molecule has 0 saturated heterocycles. The number of nitrogens with zero attached hydrogens (tertiary/aromatic N) is 3. The molecule has 1 aromatic heterocycles. The van der Waals surface area contributed by atoms with E-state index in [4.69, 9.17) is 0 Å². The van der Waals surface area contributed by atoms with Crippen molar-refractivity contribution in [2.45, 2.75) is 12.5 Å². The number of aliphatic hydroxyl groups excluding tert-OH is 1. The first-order chi connectivity index (χ1) is 17.8. The number of phenolic OH excluding ortho intramolecular Hbond substituents is 2. The molecule has 4 aromatic rings. The molecule has 0 aliphatic rings. The van der Waals surface area contributed by atoms with E-state index >= 15 is 0 Å². The van der Waals surface area contributed by atoms with Crippen molar-refractivity contribution in [3.8, 4) is 22.8 Å². The minimum absolute atomic E-state index is 0.0461. The second-order valence-electron chi connectivity index (χ2n) is 8.55. The number of phenols is 2. The molecule has 190 valence electrons. The summed E-state index contributed by atoms with van der Waals surface area (Å²) in [5.74, 6) is -0.595. The lowest BCUT2D eigenvalue weighted by Crippen LogP contribution is -2.32. The smallest absolute Gasteiger partial charge is 0.257 e. The van der Waals surface area contributed by atoms with Crippen LogP contribution in [0.5, 0.6) is 11.5 Å². The molecule has 8 nitrogen and oxygen atoms in total. The largest absolute Gasteiger partial charge is 0.504 e. The van der Waals surface area contributed by atoms with Crippen LogP contribution in [0.1, 0.15) is 27.6 Å². The summed E-state index contributed by atoms with van der Waals surface area (Å²) in [5, 5.41) is 33.1. The number of nitrogens with one attached hydrogen (secondary N) is 1. The number of carbonyl (C=O) groups excluding carboxylic acids is 1. The molecule has 9 heteroatoms. The molecule has 0 spiro atoms. The highest BCUT2D eigenvalue weighted by atomic mass is 79.9. The molecule has 0 saturated carbocycles. The van der Waals surface area contributed by atoms with Crippen LogP contribution in [0.4, 0.5) is 5.95 Å². The lowest BCUT2D eigenvalue weighted by Gasteiger charge is -2.22. The molecular formula is C28H27BrN4O4. The second kappa shape index (κ2) is 11.9. The van der Waals surface area contributed by atoms with Gasteiger partial charge in [0.1, 0.15) is 0 Å². The van der Waals surface area contributed by atoms with Crippen LogP contribution in [0.15, 0.2) is 83.5 Å². The Hall–Kier alpha value is -3.95. The molecule has 1 unspecified atom stereocenters. The van der Waals surface area contributed by atoms with Crippen molar-refractivity contribution in [2.24, 2.45) is 0 Å². The maximum absolute atomic E-state index is 13.5. The molecule has 1 amide bonds. The van der Waals surface area contributed by atoms with Crippen LogP contribution in [0.3, 0.4) is 0 Å². The summed E-state index contributed by atoms with van der Waals surface area (Å²) in [6, 6.07) is 21.6. The highest BCUT2D eigenvalue weighted by molar-refractivity contribution is 9.10. The minimum atomic E-state index is -1.08. The van der Waals surface area contributed by atoms with Crippen molar-refractivity contribution < 1.29 is 20.1 Å². The van der Waals surface area contributed by atoms with E-state index in [1.54, 1.807) is 7.05 Å². The van der Waals surface area contributed by atoms with Gasteiger partial charge in [0.25, 0.3) is 5.91 Å². The van der Waals surface area contributed by atoms with E-state index in [2.05, 4.69) is 43.3 Å². The van der Waals surface area contributed by atoms with Gasteiger partial charge in [0.05, 0.1) is 23.9 Å². The van der Waals surface area contributed by atoms with Crippen molar-refractivity contribution >= 4 is 27.8 Å². The first-order valence-electron chi connectivity index (χ1n) is 11.7.